The summed E-state index contributed by atoms with van der Waals surface area (Å²) in [5.41, 5.74) is 2.83. The second-order valence-corrected chi connectivity index (χ2v) is 1.36. The lowest BCUT2D eigenvalue weighted by Gasteiger charge is -1.78. The van der Waals surface area contributed by atoms with E-state index in [2.05, 4.69) is 16.2 Å². The van der Waals surface area contributed by atoms with Crippen LogP contribution in [0, 0.1) is 11.5 Å². The van der Waals surface area contributed by atoms with Gasteiger partial charge in [0.05, 0.1) is 10.2 Å². The van der Waals surface area contributed by atoms with Gasteiger partial charge in [0.1, 0.15) is 6.61 Å². The third kappa shape index (κ3) is 3.74. The molecule has 0 rings (SSSR count). The normalized spacial score (nSPS) is 6.83. The average molecular weight is 100 g/mol. The van der Waals surface area contributed by atoms with Gasteiger partial charge in [-0.3, -0.25) is 0 Å². The molecule has 0 aromatic heterocycles. The Hall–Kier alpha value is -0.263. The monoisotopic (exact) mass is 100 g/mol. The van der Waals surface area contributed by atoms with Crippen molar-refractivity contribution < 1.29 is 4.74 Å². The van der Waals surface area contributed by atoms with Crippen LogP contribution in [0.5, 0.6) is 0 Å². The first-order valence-corrected chi connectivity index (χ1v) is 2.80. The summed E-state index contributed by atoms with van der Waals surface area (Å²) in [5.74, 6) is 2.79. The Morgan fingerprint density at radius 3 is 2.67 bits per heavy atom. The maximum Gasteiger partial charge on any atom is 0.106 e. The number of hydrogen-bond donors (Lipinski definition) is 0. The van der Waals surface area contributed by atoms with E-state index < -0.39 is 0 Å². The molecule has 6 heavy (non-hydrogen) atoms. The molecule has 0 radical (unpaired) electrons. The van der Waals surface area contributed by atoms with Gasteiger partial charge in [-0.05, 0) is 0 Å². The van der Waals surface area contributed by atoms with Crippen LogP contribution in [0.2, 0.25) is 0 Å². The van der Waals surface area contributed by atoms with E-state index in [0.29, 0.717) is 6.61 Å². The van der Waals surface area contributed by atoms with Gasteiger partial charge < -0.3 is 4.74 Å². The molecule has 0 unspecified atom stereocenters. The van der Waals surface area contributed by atoms with Gasteiger partial charge in [0.25, 0.3) is 0 Å². The number of hydrogen-bond acceptors (Lipinski definition) is 1. The van der Waals surface area contributed by atoms with Crippen molar-refractivity contribution in [2.75, 3.05) is 13.7 Å². The molecule has 0 atom stereocenters. The van der Waals surface area contributed by atoms with E-state index in [-0.39, 0.29) is 0 Å². The molecule has 0 saturated carbocycles. The summed E-state index contributed by atoms with van der Waals surface area (Å²) in [6.45, 7) is 0.587. The third-order valence-corrected chi connectivity index (χ3v) is 0.747. The first-order chi connectivity index (χ1) is 2.91. The maximum absolute atomic E-state index is 4.63. The van der Waals surface area contributed by atoms with E-state index >= 15 is 0 Å². The Balaban J connectivity index is 2.79. The van der Waals surface area contributed by atoms with Crippen molar-refractivity contribution in [3.05, 3.63) is 0 Å². The van der Waals surface area contributed by atoms with Crippen molar-refractivity contribution in [1.29, 1.82) is 0 Å². The molecule has 0 aliphatic heterocycles. The second-order valence-electron chi connectivity index (χ2n) is 0.860. The van der Waals surface area contributed by atoms with Crippen LogP contribution in [0.15, 0.2) is 0 Å². The molecule has 0 amide bonds. The van der Waals surface area contributed by atoms with Crippen LogP contribution in [0.1, 0.15) is 0 Å². The maximum atomic E-state index is 4.63. The largest absolute Gasteiger partial charge is 0.372 e. The first kappa shape index (κ1) is 5.74. The van der Waals surface area contributed by atoms with E-state index in [9.17, 15) is 0 Å². The summed E-state index contributed by atoms with van der Waals surface area (Å²) in [6.07, 6.45) is 0. The SMILES string of the molecule is COCC#C[SiH3]. The Morgan fingerprint density at radius 2 is 2.50 bits per heavy atom. The number of ether oxygens (including phenoxy) is 1. The van der Waals surface area contributed by atoms with Crippen molar-refractivity contribution in [2.45, 2.75) is 0 Å². The summed E-state index contributed by atoms with van der Waals surface area (Å²) in [5, 5.41) is 0. The molecule has 0 aromatic rings. The minimum Gasteiger partial charge on any atom is -0.372 e. The summed E-state index contributed by atoms with van der Waals surface area (Å²) in [6, 6.07) is 0. The van der Waals surface area contributed by atoms with E-state index in [1.165, 1.54) is 0 Å². The zero-order valence-electron chi connectivity index (χ0n) is 4.12. The van der Waals surface area contributed by atoms with Gasteiger partial charge in [0.2, 0.25) is 0 Å². The first-order valence-electron chi connectivity index (χ1n) is 1.80. The smallest absolute Gasteiger partial charge is 0.106 e. The van der Waals surface area contributed by atoms with Gasteiger partial charge in [-0.1, -0.05) is 5.92 Å². The molecule has 0 aliphatic rings. The molecule has 0 N–H and O–H groups in total. The standard InChI is InChI=1S/C4H8OSi/c1-5-3-2-4-6/h3H2,1,6H3. The lowest BCUT2D eigenvalue weighted by molar-refractivity contribution is 0.240. The van der Waals surface area contributed by atoms with Crippen LogP contribution in [-0.2, 0) is 4.74 Å². The Labute approximate surface area is 41.1 Å². The van der Waals surface area contributed by atoms with Crippen LogP contribution in [0.3, 0.4) is 0 Å². The highest BCUT2D eigenvalue weighted by Crippen LogP contribution is 1.56. The van der Waals surface area contributed by atoms with Gasteiger partial charge in [-0.15, -0.1) is 5.54 Å². The van der Waals surface area contributed by atoms with Crippen molar-refractivity contribution in [2.24, 2.45) is 0 Å². The van der Waals surface area contributed by atoms with Crippen LogP contribution in [-0.4, -0.2) is 24.0 Å². The van der Waals surface area contributed by atoms with Crippen molar-refractivity contribution in [3.63, 3.8) is 0 Å². The zero-order chi connectivity index (χ0) is 4.83. The lowest BCUT2D eigenvalue weighted by atomic mass is 10.8. The summed E-state index contributed by atoms with van der Waals surface area (Å²) in [7, 11) is 2.61. The molecule has 0 saturated heterocycles. The van der Waals surface area contributed by atoms with E-state index in [1.54, 1.807) is 7.11 Å². The topological polar surface area (TPSA) is 9.23 Å². The molecule has 34 valence electrons. The molecular formula is C4H8OSi. The molecular weight excluding hydrogens is 92.1 g/mol. The predicted molar refractivity (Wildman–Crippen MR) is 29.6 cm³/mol. The minimum absolute atomic E-state index is 0.587. The van der Waals surface area contributed by atoms with Crippen molar-refractivity contribution in [3.8, 4) is 11.5 Å². The summed E-state index contributed by atoms with van der Waals surface area (Å²) in [4.78, 5) is 0. The van der Waals surface area contributed by atoms with Gasteiger partial charge in [0.15, 0.2) is 0 Å². The fraction of sp³-hybridized carbons (Fsp3) is 0.500. The fourth-order valence-electron chi connectivity index (χ4n) is 0.144. The van der Waals surface area contributed by atoms with Crippen molar-refractivity contribution >= 4 is 10.2 Å². The molecule has 0 aliphatic carbocycles. The molecule has 2 heteroatoms. The molecule has 0 aromatic carbocycles. The molecule has 0 spiro atoms. The van der Waals surface area contributed by atoms with E-state index in [0.717, 1.165) is 10.2 Å². The van der Waals surface area contributed by atoms with Crippen LogP contribution >= 0.6 is 0 Å². The van der Waals surface area contributed by atoms with Gasteiger partial charge in [0, 0.05) is 7.11 Å². The van der Waals surface area contributed by atoms with Crippen LogP contribution < -0.4 is 0 Å². The molecule has 0 bridgehead atoms. The average Bonchev–Trinajstić information content (AvgIpc) is 1.61. The van der Waals surface area contributed by atoms with Gasteiger partial charge >= 0.3 is 0 Å². The zero-order valence-corrected chi connectivity index (χ0v) is 6.12. The van der Waals surface area contributed by atoms with Crippen LogP contribution in [0.4, 0.5) is 0 Å². The molecule has 0 fully saturated rings. The summed E-state index contributed by atoms with van der Waals surface area (Å²) < 4.78 is 4.63. The molecule has 1 nitrogen and oxygen atoms in total. The predicted octanol–water partition coefficient (Wildman–Crippen LogP) is -1.04. The Morgan fingerprint density at radius 1 is 1.83 bits per heavy atom. The highest BCUT2D eigenvalue weighted by Gasteiger charge is 1.60. The van der Waals surface area contributed by atoms with E-state index in [4.69, 9.17) is 0 Å². The van der Waals surface area contributed by atoms with Gasteiger partial charge in [-0.2, -0.15) is 0 Å². The highest BCUT2D eigenvalue weighted by atomic mass is 28.1. The number of methoxy groups -OCH3 is 1. The van der Waals surface area contributed by atoms with Crippen LogP contribution in [0.25, 0.3) is 0 Å². The Bertz CT molecular complexity index is 69.4. The van der Waals surface area contributed by atoms with Gasteiger partial charge in [-0.25, -0.2) is 0 Å². The second kappa shape index (κ2) is 4.74. The van der Waals surface area contributed by atoms with Crippen molar-refractivity contribution in [1.82, 2.24) is 0 Å². The quantitative estimate of drug-likeness (QED) is 0.302. The lowest BCUT2D eigenvalue weighted by Crippen LogP contribution is -1.79. The Kier molecular flexibility index (Phi) is 4.53. The summed E-state index contributed by atoms with van der Waals surface area (Å²) >= 11 is 0. The number of rotatable bonds is 1. The minimum atomic E-state index is 0.587. The molecule has 0 heterocycles. The highest BCUT2D eigenvalue weighted by molar-refractivity contribution is 6.22. The van der Waals surface area contributed by atoms with E-state index in [1.807, 2.05) is 0 Å². The fourth-order valence-corrected chi connectivity index (χ4v) is 0.289. The third-order valence-electron chi connectivity index (χ3n) is 0.393.